The second kappa shape index (κ2) is 8.63. The molecule has 0 atom stereocenters. The van der Waals surface area contributed by atoms with E-state index in [9.17, 15) is 0 Å². The highest BCUT2D eigenvalue weighted by molar-refractivity contribution is 6.33. The molecule has 0 fully saturated rings. The first-order valence-electron chi connectivity index (χ1n) is 10.4. The number of hydrogen-bond acceptors (Lipinski definition) is 0. The van der Waals surface area contributed by atoms with Gasteiger partial charge in [0.2, 0.25) is 0 Å². The fourth-order valence-electron chi connectivity index (χ4n) is 3.93. The lowest BCUT2D eigenvalue weighted by atomic mass is 9.92. The Bertz CT molecular complexity index is 1250. The smallest absolute Gasteiger partial charge is 0.0484 e. The molecule has 0 bridgehead atoms. The predicted molar refractivity (Wildman–Crippen MR) is 133 cm³/mol. The number of benzene rings is 5. The average Bonchev–Trinajstić information content (AvgIpc) is 2.86. The third-order valence-electron chi connectivity index (χ3n) is 5.53. The average molecular weight is 417 g/mol. The van der Waals surface area contributed by atoms with Crippen molar-refractivity contribution in [1.82, 2.24) is 0 Å². The summed E-state index contributed by atoms with van der Waals surface area (Å²) in [5.41, 5.74) is 9.31. The van der Waals surface area contributed by atoms with Crippen LogP contribution in [0.15, 0.2) is 127 Å². The van der Waals surface area contributed by atoms with Crippen molar-refractivity contribution < 1.29 is 0 Å². The fraction of sp³-hybridized carbons (Fsp3) is 0. The van der Waals surface area contributed by atoms with E-state index in [1.807, 2.05) is 24.3 Å². The molecule has 0 N–H and O–H groups in total. The Morgan fingerprint density at radius 3 is 1.23 bits per heavy atom. The summed E-state index contributed by atoms with van der Waals surface area (Å²) in [6.07, 6.45) is 0. The van der Waals surface area contributed by atoms with Crippen molar-refractivity contribution in [3.63, 3.8) is 0 Å². The molecule has 148 valence electrons. The molecule has 0 saturated carbocycles. The molecule has 0 aromatic heterocycles. The molecule has 0 radical (unpaired) electrons. The molecule has 0 aliphatic rings. The van der Waals surface area contributed by atoms with Crippen LogP contribution in [0.3, 0.4) is 0 Å². The normalized spacial score (nSPS) is 10.7. The first kappa shape index (κ1) is 19.4. The van der Waals surface area contributed by atoms with Crippen LogP contribution in [0, 0.1) is 0 Å². The minimum atomic E-state index is 0.762. The van der Waals surface area contributed by atoms with Crippen LogP contribution in [-0.4, -0.2) is 0 Å². The summed E-state index contributed by atoms with van der Waals surface area (Å²) < 4.78 is 0. The van der Waals surface area contributed by atoms with Crippen LogP contribution >= 0.6 is 11.6 Å². The fourth-order valence-corrected chi connectivity index (χ4v) is 4.16. The maximum absolute atomic E-state index is 6.57. The van der Waals surface area contributed by atoms with Gasteiger partial charge in [-0.3, -0.25) is 0 Å². The largest absolute Gasteiger partial charge is 0.0837 e. The summed E-state index contributed by atoms with van der Waals surface area (Å²) in [6, 6.07) is 44.5. The number of halogens is 1. The highest BCUT2D eigenvalue weighted by Crippen LogP contribution is 2.36. The van der Waals surface area contributed by atoms with Crippen molar-refractivity contribution in [3.8, 4) is 44.5 Å². The van der Waals surface area contributed by atoms with Crippen LogP contribution in [0.25, 0.3) is 44.5 Å². The molecule has 0 aliphatic heterocycles. The van der Waals surface area contributed by atoms with Crippen molar-refractivity contribution in [3.05, 3.63) is 132 Å². The van der Waals surface area contributed by atoms with Gasteiger partial charge >= 0.3 is 0 Å². The molecule has 5 aromatic carbocycles. The van der Waals surface area contributed by atoms with Gasteiger partial charge in [-0.2, -0.15) is 0 Å². The Morgan fingerprint density at radius 1 is 0.323 bits per heavy atom. The second-order valence-electron chi connectivity index (χ2n) is 7.59. The van der Waals surface area contributed by atoms with E-state index < -0.39 is 0 Å². The molecule has 0 spiro atoms. The van der Waals surface area contributed by atoms with Crippen LogP contribution in [0.1, 0.15) is 0 Å². The lowest BCUT2D eigenvalue weighted by Gasteiger charge is -2.13. The number of hydrogen-bond donors (Lipinski definition) is 0. The van der Waals surface area contributed by atoms with Crippen molar-refractivity contribution in [1.29, 1.82) is 0 Å². The van der Waals surface area contributed by atoms with E-state index in [1.165, 1.54) is 27.8 Å². The van der Waals surface area contributed by atoms with Gasteiger partial charge in [0.05, 0.1) is 0 Å². The Balaban J connectivity index is 1.69. The summed E-state index contributed by atoms with van der Waals surface area (Å²) in [5, 5.41) is 0.762. The van der Waals surface area contributed by atoms with E-state index in [4.69, 9.17) is 11.6 Å². The summed E-state index contributed by atoms with van der Waals surface area (Å²) in [5.74, 6) is 0. The molecule has 5 rings (SSSR count). The zero-order valence-corrected chi connectivity index (χ0v) is 17.8. The molecular formula is C30H21Cl. The quantitative estimate of drug-likeness (QED) is 0.274. The standard InChI is InChI=1S/C30H21Cl/c31-30-17-16-25(21-29(30)24-14-8-3-9-15-24)28-19-26(22-10-4-1-5-11-22)18-27(20-28)23-12-6-2-7-13-23/h1-21H. The van der Waals surface area contributed by atoms with Gasteiger partial charge in [0, 0.05) is 10.6 Å². The molecular weight excluding hydrogens is 396 g/mol. The van der Waals surface area contributed by atoms with E-state index in [1.54, 1.807) is 0 Å². The van der Waals surface area contributed by atoms with Gasteiger partial charge in [-0.05, 0) is 69.3 Å². The summed E-state index contributed by atoms with van der Waals surface area (Å²) in [7, 11) is 0. The summed E-state index contributed by atoms with van der Waals surface area (Å²) in [6.45, 7) is 0. The van der Waals surface area contributed by atoms with Crippen molar-refractivity contribution >= 4 is 11.6 Å². The van der Waals surface area contributed by atoms with Crippen LogP contribution in [-0.2, 0) is 0 Å². The lowest BCUT2D eigenvalue weighted by Crippen LogP contribution is -1.87. The SMILES string of the molecule is Clc1ccc(-c2cc(-c3ccccc3)cc(-c3ccccc3)c2)cc1-c1ccccc1. The molecule has 1 heteroatoms. The maximum Gasteiger partial charge on any atom is 0.0484 e. The first-order valence-corrected chi connectivity index (χ1v) is 10.8. The highest BCUT2D eigenvalue weighted by Gasteiger charge is 2.10. The molecule has 0 amide bonds. The van der Waals surface area contributed by atoms with Crippen molar-refractivity contribution in [2.24, 2.45) is 0 Å². The van der Waals surface area contributed by atoms with Crippen LogP contribution in [0.5, 0.6) is 0 Å². The van der Waals surface area contributed by atoms with E-state index in [-0.39, 0.29) is 0 Å². The number of rotatable bonds is 4. The monoisotopic (exact) mass is 416 g/mol. The minimum absolute atomic E-state index is 0.762. The molecule has 0 saturated heterocycles. The zero-order chi connectivity index (χ0) is 21.0. The van der Waals surface area contributed by atoms with E-state index in [0.717, 1.165) is 21.7 Å². The summed E-state index contributed by atoms with van der Waals surface area (Å²) >= 11 is 6.57. The maximum atomic E-state index is 6.57. The Labute approximate surface area is 188 Å². The first-order chi connectivity index (χ1) is 15.3. The van der Waals surface area contributed by atoms with Gasteiger partial charge in [-0.1, -0.05) is 109 Å². The highest BCUT2D eigenvalue weighted by atomic mass is 35.5. The van der Waals surface area contributed by atoms with E-state index >= 15 is 0 Å². The lowest BCUT2D eigenvalue weighted by molar-refractivity contribution is 1.56. The zero-order valence-electron chi connectivity index (χ0n) is 17.0. The molecule has 0 nitrogen and oxygen atoms in total. The van der Waals surface area contributed by atoms with Crippen molar-refractivity contribution in [2.45, 2.75) is 0 Å². The second-order valence-corrected chi connectivity index (χ2v) is 8.00. The van der Waals surface area contributed by atoms with Gasteiger partial charge in [-0.15, -0.1) is 0 Å². The Kier molecular flexibility index (Phi) is 5.39. The van der Waals surface area contributed by atoms with Gasteiger partial charge in [-0.25, -0.2) is 0 Å². The molecule has 0 unspecified atom stereocenters. The van der Waals surface area contributed by atoms with Gasteiger partial charge in [0.25, 0.3) is 0 Å². The third-order valence-corrected chi connectivity index (χ3v) is 5.86. The van der Waals surface area contributed by atoms with Crippen LogP contribution in [0.2, 0.25) is 5.02 Å². The van der Waals surface area contributed by atoms with E-state index in [2.05, 4.69) is 103 Å². The van der Waals surface area contributed by atoms with Gasteiger partial charge in [0.15, 0.2) is 0 Å². The molecule has 5 aromatic rings. The van der Waals surface area contributed by atoms with E-state index in [0.29, 0.717) is 0 Å². The van der Waals surface area contributed by atoms with Crippen LogP contribution < -0.4 is 0 Å². The predicted octanol–water partition coefficient (Wildman–Crippen LogP) is 9.01. The third kappa shape index (κ3) is 4.17. The molecule has 0 heterocycles. The van der Waals surface area contributed by atoms with Gasteiger partial charge in [0.1, 0.15) is 0 Å². The summed E-state index contributed by atoms with van der Waals surface area (Å²) in [4.78, 5) is 0. The Hall–Kier alpha value is -3.61. The minimum Gasteiger partial charge on any atom is -0.0837 e. The topological polar surface area (TPSA) is 0 Å². The van der Waals surface area contributed by atoms with Gasteiger partial charge < -0.3 is 0 Å². The molecule has 0 aliphatic carbocycles. The van der Waals surface area contributed by atoms with Crippen molar-refractivity contribution in [2.75, 3.05) is 0 Å². The molecule has 31 heavy (non-hydrogen) atoms. The Morgan fingerprint density at radius 2 is 0.742 bits per heavy atom. The van der Waals surface area contributed by atoms with Crippen LogP contribution in [0.4, 0.5) is 0 Å².